The summed E-state index contributed by atoms with van der Waals surface area (Å²) in [7, 11) is 1.30. The second-order valence-electron chi connectivity index (χ2n) is 4.93. The molecule has 0 saturated heterocycles. The first kappa shape index (κ1) is 17.4. The summed E-state index contributed by atoms with van der Waals surface area (Å²) in [5.41, 5.74) is 1.25. The van der Waals surface area contributed by atoms with Crippen molar-refractivity contribution >= 4 is 23.3 Å². The number of carbonyl (C=O) groups is 2. The van der Waals surface area contributed by atoms with E-state index in [1.807, 2.05) is 0 Å². The lowest BCUT2D eigenvalue weighted by atomic mass is 10.2. The Kier molecular flexibility index (Phi) is 5.83. The zero-order chi connectivity index (χ0) is 17.5. The summed E-state index contributed by atoms with van der Waals surface area (Å²) >= 11 is 0. The van der Waals surface area contributed by atoms with Crippen LogP contribution < -0.4 is 10.6 Å². The van der Waals surface area contributed by atoms with E-state index in [-0.39, 0.29) is 18.0 Å². The number of benzene rings is 2. The van der Waals surface area contributed by atoms with E-state index in [9.17, 15) is 18.4 Å². The molecule has 0 aliphatic heterocycles. The van der Waals surface area contributed by atoms with Gasteiger partial charge >= 0.3 is 5.97 Å². The molecule has 2 aromatic carbocycles. The minimum Gasteiger partial charge on any atom is -0.465 e. The van der Waals surface area contributed by atoms with Crippen molar-refractivity contribution in [3.8, 4) is 0 Å². The summed E-state index contributed by atoms with van der Waals surface area (Å²) in [6.07, 6.45) is 0.113. The standard InChI is InChI=1S/C17H16F2N2O3/c1-24-17(23)11-3-2-4-12(9-11)20-8-7-16(22)21-13-5-6-14(18)15(19)10-13/h2-6,9-10,20H,7-8H2,1H3,(H,21,22). The molecule has 0 radical (unpaired) electrons. The molecule has 0 aromatic heterocycles. The molecule has 2 N–H and O–H groups in total. The molecule has 0 atom stereocenters. The first-order chi connectivity index (χ1) is 11.5. The zero-order valence-corrected chi connectivity index (χ0v) is 12.9. The van der Waals surface area contributed by atoms with Gasteiger partial charge in [-0.1, -0.05) is 6.07 Å². The molecule has 24 heavy (non-hydrogen) atoms. The minimum atomic E-state index is -1.02. The van der Waals surface area contributed by atoms with E-state index in [1.165, 1.54) is 13.2 Å². The van der Waals surface area contributed by atoms with Crippen LogP contribution in [0.4, 0.5) is 20.2 Å². The van der Waals surface area contributed by atoms with Crippen LogP contribution in [0.3, 0.4) is 0 Å². The van der Waals surface area contributed by atoms with Gasteiger partial charge in [0, 0.05) is 30.4 Å². The van der Waals surface area contributed by atoms with Gasteiger partial charge in [0.05, 0.1) is 12.7 Å². The molecule has 5 nitrogen and oxygen atoms in total. The molecule has 0 bridgehead atoms. The maximum atomic E-state index is 13.1. The fraction of sp³-hybridized carbons (Fsp3) is 0.176. The van der Waals surface area contributed by atoms with E-state index in [0.717, 1.165) is 12.1 Å². The highest BCUT2D eigenvalue weighted by Crippen LogP contribution is 2.14. The zero-order valence-electron chi connectivity index (χ0n) is 12.9. The molecule has 126 valence electrons. The number of ether oxygens (including phenoxy) is 1. The third kappa shape index (κ3) is 4.77. The van der Waals surface area contributed by atoms with Gasteiger partial charge in [-0.05, 0) is 30.3 Å². The van der Waals surface area contributed by atoms with Crippen molar-refractivity contribution < 1.29 is 23.1 Å². The van der Waals surface area contributed by atoms with Crippen LogP contribution in [0.2, 0.25) is 0 Å². The number of halogens is 2. The molecule has 0 aliphatic carbocycles. The fourth-order valence-corrected chi connectivity index (χ4v) is 1.99. The summed E-state index contributed by atoms with van der Waals surface area (Å²) in [6.45, 7) is 0.306. The Morgan fingerprint density at radius 1 is 1.04 bits per heavy atom. The lowest BCUT2D eigenvalue weighted by molar-refractivity contribution is -0.115. The van der Waals surface area contributed by atoms with Crippen LogP contribution in [-0.2, 0) is 9.53 Å². The quantitative estimate of drug-likeness (QED) is 0.796. The van der Waals surface area contributed by atoms with Gasteiger partial charge in [-0.25, -0.2) is 13.6 Å². The number of hydrogen-bond acceptors (Lipinski definition) is 4. The molecule has 0 heterocycles. The molecular formula is C17H16F2N2O3. The summed E-state index contributed by atoms with van der Waals surface area (Å²) < 4.78 is 30.5. The maximum Gasteiger partial charge on any atom is 0.337 e. The number of rotatable bonds is 6. The van der Waals surface area contributed by atoms with Gasteiger partial charge in [0.1, 0.15) is 0 Å². The molecule has 2 rings (SSSR count). The van der Waals surface area contributed by atoms with Gasteiger partial charge in [0.25, 0.3) is 0 Å². The second-order valence-corrected chi connectivity index (χ2v) is 4.93. The number of hydrogen-bond donors (Lipinski definition) is 2. The fourth-order valence-electron chi connectivity index (χ4n) is 1.99. The van der Waals surface area contributed by atoms with Crippen LogP contribution in [0.25, 0.3) is 0 Å². The van der Waals surface area contributed by atoms with E-state index < -0.39 is 17.6 Å². The Bertz CT molecular complexity index is 750. The third-order valence-corrected chi connectivity index (χ3v) is 3.17. The van der Waals surface area contributed by atoms with Crippen LogP contribution in [-0.4, -0.2) is 25.5 Å². The first-order valence-electron chi connectivity index (χ1n) is 7.17. The normalized spacial score (nSPS) is 10.1. The summed E-state index contributed by atoms with van der Waals surface area (Å²) in [6, 6.07) is 9.81. The minimum absolute atomic E-state index is 0.113. The van der Waals surface area contributed by atoms with Crippen molar-refractivity contribution in [2.75, 3.05) is 24.3 Å². The molecular weight excluding hydrogens is 318 g/mol. The molecule has 7 heteroatoms. The first-order valence-corrected chi connectivity index (χ1v) is 7.17. The van der Waals surface area contributed by atoms with E-state index in [4.69, 9.17) is 0 Å². The van der Waals surface area contributed by atoms with Gasteiger partial charge in [0.15, 0.2) is 11.6 Å². The Hall–Kier alpha value is -2.96. The van der Waals surface area contributed by atoms with E-state index in [2.05, 4.69) is 15.4 Å². The Morgan fingerprint density at radius 3 is 2.54 bits per heavy atom. The highest BCUT2D eigenvalue weighted by molar-refractivity contribution is 5.91. The molecule has 0 unspecified atom stereocenters. The van der Waals surface area contributed by atoms with Crippen LogP contribution in [0.1, 0.15) is 16.8 Å². The van der Waals surface area contributed by atoms with Crippen molar-refractivity contribution in [1.29, 1.82) is 0 Å². The summed E-state index contributed by atoms with van der Waals surface area (Å²) in [4.78, 5) is 23.2. The lowest BCUT2D eigenvalue weighted by Gasteiger charge is -2.09. The van der Waals surface area contributed by atoms with Gasteiger partial charge < -0.3 is 15.4 Å². The predicted octanol–water partition coefficient (Wildman–Crippen LogP) is 3.19. The van der Waals surface area contributed by atoms with Gasteiger partial charge in [-0.15, -0.1) is 0 Å². The second kappa shape index (κ2) is 8.05. The van der Waals surface area contributed by atoms with Crippen molar-refractivity contribution in [2.24, 2.45) is 0 Å². The number of esters is 1. The molecule has 0 fully saturated rings. The Balaban J connectivity index is 1.84. The Morgan fingerprint density at radius 2 is 1.83 bits per heavy atom. The van der Waals surface area contributed by atoms with Crippen LogP contribution in [0.5, 0.6) is 0 Å². The Labute approximate surface area is 137 Å². The van der Waals surface area contributed by atoms with Gasteiger partial charge in [-0.3, -0.25) is 4.79 Å². The predicted molar refractivity (Wildman–Crippen MR) is 85.9 cm³/mol. The molecule has 0 aliphatic rings. The molecule has 0 saturated carbocycles. The van der Waals surface area contributed by atoms with Crippen LogP contribution >= 0.6 is 0 Å². The van der Waals surface area contributed by atoms with Crippen molar-refractivity contribution in [3.05, 3.63) is 59.7 Å². The lowest BCUT2D eigenvalue weighted by Crippen LogP contribution is -2.16. The van der Waals surface area contributed by atoms with Crippen molar-refractivity contribution in [1.82, 2.24) is 0 Å². The van der Waals surface area contributed by atoms with E-state index in [0.29, 0.717) is 17.8 Å². The summed E-state index contributed by atoms with van der Waals surface area (Å²) in [5.74, 6) is -2.79. The van der Waals surface area contributed by atoms with E-state index >= 15 is 0 Å². The third-order valence-electron chi connectivity index (χ3n) is 3.17. The van der Waals surface area contributed by atoms with E-state index in [1.54, 1.807) is 24.3 Å². The summed E-state index contributed by atoms with van der Waals surface area (Å²) in [5, 5.41) is 5.47. The number of anilines is 2. The topological polar surface area (TPSA) is 67.4 Å². The average Bonchev–Trinajstić information content (AvgIpc) is 2.57. The van der Waals surface area contributed by atoms with Crippen LogP contribution in [0, 0.1) is 11.6 Å². The number of amides is 1. The number of nitrogens with one attached hydrogen (secondary N) is 2. The highest BCUT2D eigenvalue weighted by Gasteiger charge is 2.07. The smallest absolute Gasteiger partial charge is 0.337 e. The maximum absolute atomic E-state index is 13.1. The number of methoxy groups -OCH3 is 1. The van der Waals surface area contributed by atoms with Gasteiger partial charge in [0.2, 0.25) is 5.91 Å². The van der Waals surface area contributed by atoms with Crippen molar-refractivity contribution in [3.63, 3.8) is 0 Å². The highest BCUT2D eigenvalue weighted by atomic mass is 19.2. The molecule has 1 amide bonds. The molecule has 2 aromatic rings. The monoisotopic (exact) mass is 334 g/mol. The van der Waals surface area contributed by atoms with Gasteiger partial charge in [-0.2, -0.15) is 0 Å². The number of carbonyl (C=O) groups excluding carboxylic acids is 2. The molecule has 0 spiro atoms. The largest absolute Gasteiger partial charge is 0.465 e. The average molecular weight is 334 g/mol. The SMILES string of the molecule is COC(=O)c1cccc(NCCC(=O)Nc2ccc(F)c(F)c2)c1. The van der Waals surface area contributed by atoms with Crippen LogP contribution in [0.15, 0.2) is 42.5 Å². The van der Waals surface area contributed by atoms with Crippen molar-refractivity contribution in [2.45, 2.75) is 6.42 Å².